The molecule has 1 aliphatic carbocycles. The second-order valence-corrected chi connectivity index (χ2v) is 6.75. The van der Waals surface area contributed by atoms with E-state index < -0.39 is 10.0 Å². The molecule has 0 aliphatic heterocycles. The Balaban J connectivity index is 1.91. The number of hydrogen-bond acceptors (Lipinski definition) is 4. The van der Waals surface area contributed by atoms with Gasteiger partial charge >= 0.3 is 0 Å². The van der Waals surface area contributed by atoms with Gasteiger partial charge in [-0.3, -0.25) is 4.68 Å². The molecule has 0 amide bonds. The Morgan fingerprint density at radius 2 is 2.00 bits per heavy atom. The predicted molar refractivity (Wildman–Crippen MR) is 73.2 cm³/mol. The Labute approximate surface area is 118 Å². The first kappa shape index (κ1) is 13.3. The highest BCUT2D eigenvalue weighted by atomic mass is 32.2. The molecule has 0 atom stereocenters. The summed E-state index contributed by atoms with van der Waals surface area (Å²) in [6.45, 7) is 0.367. The summed E-state index contributed by atoms with van der Waals surface area (Å²) in [6.07, 6.45) is 3.21. The van der Waals surface area contributed by atoms with Gasteiger partial charge in [0.2, 0.25) is 0 Å². The molecule has 1 saturated carbocycles. The zero-order valence-corrected chi connectivity index (χ0v) is 12.0. The zero-order chi connectivity index (χ0) is 14.2. The molecule has 1 heterocycles. The summed E-state index contributed by atoms with van der Waals surface area (Å²) in [5.74, 6) is 0. The topological polar surface area (TPSA) is 68.1 Å². The molecular formula is C13H16N4O2S. The van der Waals surface area contributed by atoms with Crippen LogP contribution in [0.3, 0.4) is 0 Å². The number of aromatic nitrogens is 3. The lowest BCUT2D eigenvalue weighted by atomic mass is 10.2. The van der Waals surface area contributed by atoms with Crippen molar-refractivity contribution in [2.75, 3.05) is 0 Å². The minimum Gasteiger partial charge on any atom is -0.255 e. The van der Waals surface area contributed by atoms with Crippen molar-refractivity contribution in [2.24, 2.45) is 7.05 Å². The van der Waals surface area contributed by atoms with Gasteiger partial charge in [-0.15, -0.1) is 5.10 Å². The van der Waals surface area contributed by atoms with Gasteiger partial charge in [-0.05, 0) is 18.4 Å². The third kappa shape index (κ3) is 2.59. The van der Waals surface area contributed by atoms with Crippen LogP contribution in [0.15, 0.2) is 41.8 Å². The van der Waals surface area contributed by atoms with Gasteiger partial charge in [0.15, 0.2) is 0 Å². The molecule has 3 rings (SSSR count). The molecule has 20 heavy (non-hydrogen) atoms. The van der Waals surface area contributed by atoms with Crippen LogP contribution in [0.2, 0.25) is 0 Å². The number of nitrogens with zero attached hydrogens (tertiary/aromatic N) is 4. The van der Waals surface area contributed by atoms with Crippen LogP contribution in [0.25, 0.3) is 0 Å². The number of rotatable bonds is 5. The van der Waals surface area contributed by atoms with Crippen molar-refractivity contribution in [2.45, 2.75) is 30.6 Å². The quantitative estimate of drug-likeness (QED) is 0.829. The number of sulfonamides is 1. The van der Waals surface area contributed by atoms with Gasteiger partial charge in [0.1, 0.15) is 6.33 Å². The highest BCUT2D eigenvalue weighted by Crippen LogP contribution is 2.32. The first-order valence-electron chi connectivity index (χ1n) is 6.49. The Hall–Kier alpha value is -1.73. The van der Waals surface area contributed by atoms with Crippen LogP contribution in [0.1, 0.15) is 18.4 Å². The van der Waals surface area contributed by atoms with Crippen molar-refractivity contribution in [1.29, 1.82) is 0 Å². The van der Waals surface area contributed by atoms with E-state index in [1.54, 1.807) is 7.05 Å². The molecule has 0 N–H and O–H groups in total. The highest BCUT2D eigenvalue weighted by molar-refractivity contribution is 7.88. The lowest BCUT2D eigenvalue weighted by Gasteiger charge is -2.20. The zero-order valence-electron chi connectivity index (χ0n) is 11.2. The monoisotopic (exact) mass is 292 g/mol. The average molecular weight is 292 g/mol. The summed E-state index contributed by atoms with van der Waals surface area (Å²) < 4.78 is 28.2. The second kappa shape index (κ2) is 4.99. The van der Waals surface area contributed by atoms with Gasteiger partial charge in [-0.2, -0.15) is 4.31 Å². The minimum absolute atomic E-state index is 0.0732. The SMILES string of the molecule is Cn1cnc(S(=O)(=O)N(Cc2ccccc2)C2CC2)n1. The van der Waals surface area contributed by atoms with E-state index in [4.69, 9.17) is 0 Å². The number of hydrogen-bond donors (Lipinski definition) is 0. The molecule has 0 saturated heterocycles. The number of aryl methyl sites for hydroxylation is 1. The van der Waals surface area contributed by atoms with E-state index in [2.05, 4.69) is 10.1 Å². The van der Waals surface area contributed by atoms with Crippen LogP contribution in [0.5, 0.6) is 0 Å². The minimum atomic E-state index is -3.62. The lowest BCUT2D eigenvalue weighted by Crippen LogP contribution is -2.33. The van der Waals surface area contributed by atoms with Gasteiger partial charge in [0.05, 0.1) is 0 Å². The van der Waals surface area contributed by atoms with Crippen LogP contribution < -0.4 is 0 Å². The molecule has 0 radical (unpaired) electrons. The summed E-state index contributed by atoms with van der Waals surface area (Å²) in [5.41, 5.74) is 0.971. The molecular weight excluding hydrogens is 276 g/mol. The van der Waals surface area contributed by atoms with Crippen LogP contribution in [0, 0.1) is 0 Å². The molecule has 1 fully saturated rings. The first-order chi connectivity index (χ1) is 9.57. The van der Waals surface area contributed by atoms with Crippen LogP contribution in [-0.2, 0) is 23.6 Å². The van der Waals surface area contributed by atoms with Crippen molar-refractivity contribution in [3.8, 4) is 0 Å². The van der Waals surface area contributed by atoms with E-state index in [9.17, 15) is 8.42 Å². The van der Waals surface area contributed by atoms with Crippen molar-refractivity contribution < 1.29 is 8.42 Å². The van der Waals surface area contributed by atoms with Crippen LogP contribution in [-0.4, -0.2) is 33.5 Å². The highest BCUT2D eigenvalue weighted by Gasteiger charge is 2.39. The largest absolute Gasteiger partial charge is 0.282 e. The fourth-order valence-electron chi connectivity index (χ4n) is 2.08. The molecule has 1 aromatic carbocycles. The van der Waals surface area contributed by atoms with Crippen molar-refractivity contribution in [1.82, 2.24) is 19.1 Å². The fourth-order valence-corrected chi connectivity index (χ4v) is 3.62. The summed E-state index contributed by atoms with van der Waals surface area (Å²) in [5, 5.41) is 3.81. The summed E-state index contributed by atoms with van der Waals surface area (Å²) in [4.78, 5) is 3.88. The number of benzene rings is 1. The summed E-state index contributed by atoms with van der Waals surface area (Å²) >= 11 is 0. The fraction of sp³-hybridized carbons (Fsp3) is 0.385. The average Bonchev–Trinajstić information content (AvgIpc) is 3.17. The van der Waals surface area contributed by atoms with E-state index in [0.29, 0.717) is 6.54 Å². The molecule has 2 aromatic rings. The Morgan fingerprint density at radius 1 is 1.30 bits per heavy atom. The van der Waals surface area contributed by atoms with Gasteiger partial charge in [0.25, 0.3) is 15.2 Å². The molecule has 106 valence electrons. The Bertz CT molecular complexity index is 692. The molecule has 0 spiro atoms. The Morgan fingerprint density at radius 3 is 2.55 bits per heavy atom. The summed E-state index contributed by atoms with van der Waals surface area (Å²) in [7, 11) is -1.97. The predicted octanol–water partition coefficient (Wildman–Crippen LogP) is 1.17. The molecule has 0 unspecified atom stereocenters. The van der Waals surface area contributed by atoms with E-state index in [0.717, 1.165) is 18.4 Å². The van der Waals surface area contributed by atoms with Crippen molar-refractivity contribution in [3.63, 3.8) is 0 Å². The third-order valence-corrected chi connectivity index (χ3v) is 4.95. The second-order valence-electron chi connectivity index (χ2n) is 4.97. The standard InChI is InChI=1S/C13H16N4O2S/c1-16-10-14-13(15-16)20(18,19)17(12-7-8-12)9-11-5-3-2-4-6-11/h2-6,10,12H,7-9H2,1H3. The van der Waals surface area contributed by atoms with E-state index in [1.807, 2.05) is 30.3 Å². The van der Waals surface area contributed by atoms with Crippen LogP contribution >= 0.6 is 0 Å². The maximum absolute atomic E-state index is 12.6. The molecule has 6 nitrogen and oxygen atoms in total. The van der Waals surface area contributed by atoms with Gasteiger partial charge in [-0.1, -0.05) is 30.3 Å². The van der Waals surface area contributed by atoms with Gasteiger partial charge in [-0.25, -0.2) is 13.4 Å². The summed E-state index contributed by atoms with van der Waals surface area (Å²) in [6, 6.07) is 9.66. The lowest BCUT2D eigenvalue weighted by molar-refractivity contribution is 0.394. The molecule has 1 aliphatic rings. The smallest absolute Gasteiger partial charge is 0.255 e. The maximum Gasteiger partial charge on any atom is 0.282 e. The van der Waals surface area contributed by atoms with E-state index >= 15 is 0 Å². The molecule has 1 aromatic heterocycles. The third-order valence-electron chi connectivity index (χ3n) is 3.25. The van der Waals surface area contributed by atoms with Gasteiger partial charge in [0, 0.05) is 19.6 Å². The van der Waals surface area contributed by atoms with Crippen molar-refractivity contribution >= 4 is 10.0 Å². The normalized spacial score (nSPS) is 15.7. The Kier molecular flexibility index (Phi) is 3.31. The molecule has 7 heteroatoms. The van der Waals surface area contributed by atoms with E-state index in [1.165, 1.54) is 15.3 Å². The first-order valence-corrected chi connectivity index (χ1v) is 7.93. The molecule has 0 bridgehead atoms. The van der Waals surface area contributed by atoms with Crippen LogP contribution in [0.4, 0.5) is 0 Å². The maximum atomic E-state index is 12.6. The van der Waals surface area contributed by atoms with Gasteiger partial charge < -0.3 is 0 Å². The van der Waals surface area contributed by atoms with E-state index in [-0.39, 0.29) is 11.2 Å². The van der Waals surface area contributed by atoms with Crippen molar-refractivity contribution in [3.05, 3.63) is 42.2 Å².